The van der Waals surface area contributed by atoms with E-state index in [1.165, 1.54) is 68.8 Å². The maximum absolute atomic E-state index is 6.23. The van der Waals surface area contributed by atoms with Crippen molar-refractivity contribution in [1.29, 1.82) is 0 Å². The van der Waals surface area contributed by atoms with Crippen molar-refractivity contribution in [2.24, 2.45) is 0 Å². The second kappa shape index (κ2) is 34.8. The molecule has 21 aromatic carbocycles. The number of rotatable bonds is 13. The number of hydrogen-bond acceptors (Lipinski definition) is 12. The normalized spacial score (nSPS) is 11.5. The second-order valence-corrected chi connectivity index (χ2v) is 35.2. The smallest absolute Gasteiger partial charge is 0.164 e. The van der Waals surface area contributed by atoms with Crippen LogP contribution in [0.2, 0.25) is 0 Å². The summed E-state index contributed by atoms with van der Waals surface area (Å²) in [4.78, 5) is 45.0. The summed E-state index contributed by atoms with van der Waals surface area (Å²) in [5.41, 5.74) is 21.2. The predicted molar refractivity (Wildman–Crippen MR) is 565 cm³/mol. The third-order valence-electron chi connectivity index (χ3n) is 25.7. The Kier molecular flexibility index (Phi) is 20.5. The Hall–Kier alpha value is -18.2. The van der Waals surface area contributed by atoms with Crippen molar-refractivity contribution in [2.75, 3.05) is 0 Å². The van der Waals surface area contributed by atoms with Gasteiger partial charge in [-0.05, 0) is 177 Å². The standard InChI is InChI=1S/C43H27N3O.C41H25N3O.C41H25N3S/c1-3-11-28(12-4-1)31-15-9-17-34(25-31)42-44-41(30-13-5-2-6-14-30)45-43(46-42)35-18-10-16-32(26-35)33-22-21-29-23-24-39-40(37(29)27-33)36-19-7-8-20-38(36)47-39;1-3-12-26(13-4-1)39-42-40(27-14-5-2-6-15-27)44-41(43-39)29-24-28-16-7-8-17-30(28)35(25-29)31-19-11-20-33-32(31)22-23-37-38(33)34-18-9-10-21-36(34)45-37;1-2-11-28(12-3-1)39-42-40(44-41(43-39)32-21-20-26-10-4-5-13-29(26)24-32)31-16-8-15-30(25-31)33-18-9-14-27-22-23-36-38(37(27)33)34-17-6-7-19-35(34)45-36/h1-27H;2*1-25H. The predicted octanol–water partition coefficient (Wildman–Crippen LogP) is 33.2. The van der Waals surface area contributed by atoms with Gasteiger partial charge in [0.1, 0.15) is 22.3 Å². The Morgan fingerprint density at radius 2 is 0.496 bits per heavy atom. The van der Waals surface area contributed by atoms with Crippen LogP contribution in [0.15, 0.2) is 476 Å². The van der Waals surface area contributed by atoms with Crippen LogP contribution in [0, 0.1) is 0 Å². The van der Waals surface area contributed by atoms with E-state index in [2.05, 4.69) is 315 Å². The van der Waals surface area contributed by atoms with E-state index in [-0.39, 0.29) is 0 Å². The van der Waals surface area contributed by atoms with E-state index in [4.69, 9.17) is 53.7 Å². The van der Waals surface area contributed by atoms with Crippen molar-refractivity contribution in [1.82, 2.24) is 44.9 Å². The first-order chi connectivity index (χ1) is 67.8. The van der Waals surface area contributed by atoms with Gasteiger partial charge in [-0.15, -0.1) is 11.3 Å². The summed E-state index contributed by atoms with van der Waals surface area (Å²) in [5.74, 6) is 5.81. The van der Waals surface area contributed by atoms with Crippen molar-refractivity contribution >= 4 is 129 Å². The molecule has 640 valence electrons. The summed E-state index contributed by atoms with van der Waals surface area (Å²) in [6.07, 6.45) is 0. The molecule has 0 bridgehead atoms. The Morgan fingerprint density at radius 3 is 1.07 bits per heavy atom. The number of aromatic nitrogens is 9. The first-order valence-corrected chi connectivity index (χ1v) is 46.6. The SMILES string of the molecule is c1ccc(-c2cccc(-c3nc(-c4ccccc4)nc(-c4cccc(-c5ccc6ccc7oc8ccccc8c7c6c5)c4)n3)c2)cc1.c1ccc(-c2nc(-c3cccc(-c4cccc5ccc6sc7ccccc7c6c45)c3)nc(-c3ccc4ccccc4c3)n2)cc1.c1ccc(-c2nc(-c3ccccc3)nc(-c3cc(-c4cccc5c4ccc4oc6ccccc6c45)c4ccccc4c3)n2)cc1. The van der Waals surface area contributed by atoms with Gasteiger partial charge in [-0.3, -0.25) is 0 Å². The lowest BCUT2D eigenvalue weighted by Gasteiger charge is -2.14. The molecule has 0 saturated heterocycles. The molecule has 27 aromatic rings. The first kappa shape index (κ1) is 80.8. The highest BCUT2D eigenvalue weighted by Gasteiger charge is 2.23. The van der Waals surface area contributed by atoms with Crippen LogP contribution in [0.3, 0.4) is 0 Å². The van der Waals surface area contributed by atoms with Gasteiger partial charge in [0.15, 0.2) is 52.4 Å². The number of benzene rings is 21. The lowest BCUT2D eigenvalue weighted by molar-refractivity contribution is 0.669. The number of fused-ring (bicyclic) bond motifs is 17. The molecule has 11 nitrogen and oxygen atoms in total. The zero-order chi connectivity index (χ0) is 90.6. The van der Waals surface area contributed by atoms with E-state index in [9.17, 15) is 0 Å². The number of nitrogens with zero attached hydrogens (tertiary/aromatic N) is 9. The van der Waals surface area contributed by atoms with Gasteiger partial charge in [-0.2, -0.15) is 0 Å². The summed E-state index contributed by atoms with van der Waals surface area (Å²) < 4.78 is 15.0. The fraction of sp³-hybridized carbons (Fsp3) is 0. The molecule has 0 unspecified atom stereocenters. The van der Waals surface area contributed by atoms with Gasteiger partial charge in [0.25, 0.3) is 0 Å². The van der Waals surface area contributed by atoms with E-state index in [0.717, 1.165) is 144 Å². The highest BCUT2D eigenvalue weighted by atomic mass is 32.1. The van der Waals surface area contributed by atoms with Gasteiger partial charge >= 0.3 is 0 Å². The molecule has 27 rings (SSSR count). The largest absolute Gasteiger partial charge is 0.456 e. The Morgan fingerprint density at radius 1 is 0.139 bits per heavy atom. The summed E-state index contributed by atoms with van der Waals surface area (Å²) in [5, 5.41) is 19.0. The Labute approximate surface area is 791 Å². The number of hydrogen-bond donors (Lipinski definition) is 0. The minimum absolute atomic E-state index is 0.629. The fourth-order valence-electron chi connectivity index (χ4n) is 19.1. The van der Waals surface area contributed by atoms with Crippen LogP contribution in [0.1, 0.15) is 0 Å². The summed E-state index contributed by atoms with van der Waals surface area (Å²) in [6.45, 7) is 0. The number of para-hydroxylation sites is 2. The number of furan rings is 2. The lowest BCUT2D eigenvalue weighted by atomic mass is 9.91. The van der Waals surface area contributed by atoms with Crippen LogP contribution in [0.5, 0.6) is 0 Å². The first-order valence-electron chi connectivity index (χ1n) is 45.8. The van der Waals surface area contributed by atoms with Crippen molar-refractivity contribution in [3.63, 3.8) is 0 Å². The molecule has 0 N–H and O–H groups in total. The van der Waals surface area contributed by atoms with Crippen LogP contribution < -0.4 is 0 Å². The van der Waals surface area contributed by atoms with Crippen molar-refractivity contribution in [3.8, 4) is 147 Å². The summed E-state index contributed by atoms with van der Waals surface area (Å²) >= 11 is 1.85. The molecule has 0 aliphatic heterocycles. The van der Waals surface area contributed by atoms with Crippen LogP contribution in [0.4, 0.5) is 0 Å². The van der Waals surface area contributed by atoms with E-state index < -0.39 is 0 Å². The van der Waals surface area contributed by atoms with E-state index in [0.29, 0.717) is 52.4 Å². The Bertz CT molecular complexity index is 9320. The summed E-state index contributed by atoms with van der Waals surface area (Å²) in [6, 6.07) is 162. The minimum Gasteiger partial charge on any atom is -0.456 e. The lowest BCUT2D eigenvalue weighted by Crippen LogP contribution is -2.00. The monoisotopic (exact) mass is 1770 g/mol. The molecule has 0 spiro atoms. The molecular formula is C125H77N9O2S. The zero-order valence-electron chi connectivity index (χ0n) is 73.7. The maximum Gasteiger partial charge on any atom is 0.164 e. The number of thiophene rings is 1. The third-order valence-corrected chi connectivity index (χ3v) is 26.8. The van der Waals surface area contributed by atoms with Crippen molar-refractivity contribution in [3.05, 3.63) is 467 Å². The molecule has 0 atom stereocenters. The van der Waals surface area contributed by atoms with Crippen molar-refractivity contribution < 1.29 is 8.83 Å². The van der Waals surface area contributed by atoms with Gasteiger partial charge in [0.05, 0.1) is 0 Å². The van der Waals surface area contributed by atoms with Crippen LogP contribution in [-0.4, -0.2) is 44.9 Å². The average molecular weight is 1770 g/mol. The fourth-order valence-corrected chi connectivity index (χ4v) is 20.2. The van der Waals surface area contributed by atoms with Gasteiger partial charge in [-0.1, -0.05) is 388 Å². The van der Waals surface area contributed by atoms with E-state index >= 15 is 0 Å². The van der Waals surface area contributed by atoms with Crippen LogP contribution in [-0.2, 0) is 0 Å². The second-order valence-electron chi connectivity index (χ2n) is 34.1. The zero-order valence-corrected chi connectivity index (χ0v) is 74.5. The molecule has 0 saturated carbocycles. The Balaban J connectivity index is 0.000000109. The van der Waals surface area contributed by atoms with Crippen LogP contribution in [0.25, 0.3) is 265 Å². The maximum atomic E-state index is 6.23. The molecule has 0 aliphatic rings. The van der Waals surface area contributed by atoms with Gasteiger partial charge < -0.3 is 8.83 Å². The molecule has 0 aliphatic carbocycles. The quantitative estimate of drug-likeness (QED) is 0.109. The van der Waals surface area contributed by atoms with E-state index in [1.54, 1.807) is 0 Å². The average Bonchev–Trinajstić information content (AvgIpc) is 1.64. The van der Waals surface area contributed by atoms with Gasteiger partial charge in [0.2, 0.25) is 0 Å². The van der Waals surface area contributed by atoms with Crippen LogP contribution >= 0.6 is 11.3 Å². The van der Waals surface area contributed by atoms with Crippen molar-refractivity contribution in [2.45, 2.75) is 0 Å². The molecule has 0 amide bonds. The topological polar surface area (TPSA) is 142 Å². The highest BCUT2D eigenvalue weighted by molar-refractivity contribution is 7.26. The minimum atomic E-state index is 0.629. The molecule has 6 aromatic heterocycles. The molecule has 6 heterocycles. The molecule has 12 heteroatoms. The molecule has 137 heavy (non-hydrogen) atoms. The molecule has 0 fully saturated rings. The van der Waals surface area contributed by atoms with Gasteiger partial charge in [-0.25, -0.2) is 44.9 Å². The van der Waals surface area contributed by atoms with Gasteiger partial charge in [0, 0.05) is 91.8 Å². The van der Waals surface area contributed by atoms with E-state index in [1.807, 2.05) is 163 Å². The molecule has 0 radical (unpaired) electrons. The molecular weight excluding hydrogens is 1690 g/mol. The summed E-state index contributed by atoms with van der Waals surface area (Å²) in [7, 11) is 0. The highest BCUT2D eigenvalue weighted by Crippen LogP contribution is 2.47. The third kappa shape index (κ3) is 15.4.